The van der Waals surface area contributed by atoms with Crippen molar-refractivity contribution in [2.24, 2.45) is 0 Å². The summed E-state index contributed by atoms with van der Waals surface area (Å²) < 4.78 is 9.11. The van der Waals surface area contributed by atoms with E-state index < -0.39 is 5.41 Å². The molecule has 1 aliphatic heterocycles. The second-order valence-corrected chi connectivity index (χ2v) is 17.8. The molecule has 5 nitrogen and oxygen atoms in total. The summed E-state index contributed by atoms with van der Waals surface area (Å²) in [5, 5.41) is 2.23. The highest BCUT2D eigenvalue weighted by molar-refractivity contribution is 6.15. The summed E-state index contributed by atoms with van der Waals surface area (Å²) in [5.74, 6) is 3.52. The molecule has 0 fully saturated rings. The molecule has 14 rings (SSSR count). The molecule has 10 aromatic carbocycles. The van der Waals surface area contributed by atoms with Gasteiger partial charge in [-0.05, 0) is 87.0 Å². The first-order valence-corrected chi connectivity index (χ1v) is 23.4. The van der Waals surface area contributed by atoms with E-state index in [0.29, 0.717) is 17.5 Å². The number of rotatable bonds is 6. The lowest BCUT2D eigenvalue weighted by Gasteiger charge is -2.39. The minimum Gasteiger partial charge on any atom is -0.457 e. The Labute approximate surface area is 399 Å². The number of fused-ring (bicyclic) bond motifs is 12. The number of hydrogen-bond acceptors (Lipinski definition) is 4. The molecule has 0 saturated heterocycles. The predicted molar refractivity (Wildman–Crippen MR) is 279 cm³/mol. The van der Waals surface area contributed by atoms with Crippen LogP contribution in [0.5, 0.6) is 11.5 Å². The van der Waals surface area contributed by atoms with Crippen molar-refractivity contribution in [3.63, 3.8) is 0 Å². The lowest BCUT2D eigenvalue weighted by Crippen LogP contribution is -2.32. The van der Waals surface area contributed by atoms with Crippen LogP contribution in [-0.2, 0) is 5.41 Å². The number of aromatic nitrogens is 4. The van der Waals surface area contributed by atoms with E-state index in [9.17, 15) is 0 Å². The average Bonchev–Trinajstić information content (AvgIpc) is 3.92. The van der Waals surface area contributed by atoms with Crippen molar-refractivity contribution >= 4 is 21.8 Å². The third-order valence-corrected chi connectivity index (χ3v) is 14.2. The van der Waals surface area contributed by atoms with Crippen LogP contribution in [0.4, 0.5) is 0 Å². The van der Waals surface area contributed by atoms with Crippen LogP contribution in [0.25, 0.3) is 95.0 Å². The van der Waals surface area contributed by atoms with E-state index in [0.717, 1.165) is 94.6 Å². The van der Waals surface area contributed by atoms with E-state index in [1.165, 1.54) is 16.7 Å². The van der Waals surface area contributed by atoms with Crippen molar-refractivity contribution in [2.75, 3.05) is 0 Å². The molecule has 1 aliphatic carbocycles. The number of benzene rings is 10. The lowest BCUT2D eigenvalue weighted by atomic mass is 9.66. The van der Waals surface area contributed by atoms with Crippen LogP contribution in [0, 0.1) is 0 Å². The molecule has 0 amide bonds. The summed E-state index contributed by atoms with van der Waals surface area (Å²) in [7, 11) is 0. The normalized spacial score (nSPS) is 12.9. The van der Waals surface area contributed by atoms with Gasteiger partial charge in [0.1, 0.15) is 11.5 Å². The third kappa shape index (κ3) is 5.94. The molecule has 0 radical (unpaired) electrons. The van der Waals surface area contributed by atoms with Gasteiger partial charge in [0, 0.05) is 44.3 Å². The van der Waals surface area contributed by atoms with Crippen molar-refractivity contribution in [1.82, 2.24) is 19.5 Å². The zero-order valence-corrected chi connectivity index (χ0v) is 37.3. The van der Waals surface area contributed by atoms with Gasteiger partial charge in [0.25, 0.3) is 0 Å². The first-order valence-electron chi connectivity index (χ1n) is 23.4. The van der Waals surface area contributed by atoms with Crippen LogP contribution in [0.15, 0.2) is 243 Å². The summed E-state index contributed by atoms with van der Waals surface area (Å²) in [5.41, 5.74) is 16.8. The van der Waals surface area contributed by atoms with E-state index in [-0.39, 0.29) is 0 Å². The average molecular weight is 881 g/mol. The van der Waals surface area contributed by atoms with Gasteiger partial charge in [0.15, 0.2) is 17.5 Å². The quantitative estimate of drug-likeness (QED) is 0.167. The fourth-order valence-corrected chi connectivity index (χ4v) is 11.2. The Morgan fingerprint density at radius 2 is 0.841 bits per heavy atom. The van der Waals surface area contributed by atoms with Crippen LogP contribution in [0.3, 0.4) is 0 Å². The van der Waals surface area contributed by atoms with Crippen molar-refractivity contribution < 1.29 is 4.74 Å². The smallest absolute Gasteiger partial charge is 0.164 e. The molecule has 5 heteroatoms. The van der Waals surface area contributed by atoms with Gasteiger partial charge in [-0.2, -0.15) is 0 Å². The third-order valence-electron chi connectivity index (χ3n) is 14.2. The Morgan fingerprint density at radius 3 is 1.57 bits per heavy atom. The lowest BCUT2D eigenvalue weighted by molar-refractivity contribution is 0.436. The Kier molecular flexibility index (Phi) is 8.73. The van der Waals surface area contributed by atoms with Gasteiger partial charge in [-0.1, -0.05) is 200 Å². The van der Waals surface area contributed by atoms with E-state index in [2.05, 4.69) is 229 Å². The minimum absolute atomic E-state index is 0.608. The molecule has 322 valence electrons. The molecule has 0 unspecified atom stereocenters. The second-order valence-electron chi connectivity index (χ2n) is 17.8. The van der Waals surface area contributed by atoms with Gasteiger partial charge in [-0.25, -0.2) is 15.0 Å². The number of hydrogen-bond donors (Lipinski definition) is 0. The van der Waals surface area contributed by atoms with Crippen molar-refractivity contribution in [3.8, 4) is 84.7 Å². The molecular weight excluding hydrogens is 841 g/mol. The van der Waals surface area contributed by atoms with E-state index in [1.54, 1.807) is 0 Å². The van der Waals surface area contributed by atoms with E-state index in [4.69, 9.17) is 19.7 Å². The van der Waals surface area contributed by atoms with Gasteiger partial charge in [0.05, 0.1) is 16.4 Å². The predicted octanol–water partition coefficient (Wildman–Crippen LogP) is 15.8. The number of nitrogens with zero attached hydrogens (tertiary/aromatic N) is 4. The molecule has 0 saturated carbocycles. The second kappa shape index (κ2) is 15.4. The number of ether oxygens (including phenoxy) is 1. The summed E-state index contributed by atoms with van der Waals surface area (Å²) in [6.45, 7) is 0. The van der Waals surface area contributed by atoms with Crippen LogP contribution in [0.1, 0.15) is 22.3 Å². The van der Waals surface area contributed by atoms with E-state index >= 15 is 0 Å². The SMILES string of the molecule is c1ccc(-c2ccc(-c3ccc4c(c3)C3(c5ccccc5Oc5ccccc53)c3cccc(-c5nc(-c6ccccc6)nc(-c6cccc7c6c6ccccc6n7-c6ccccc6)n5)c3-4)cc2)cc1. The molecule has 3 heterocycles. The van der Waals surface area contributed by atoms with Crippen LogP contribution in [0.2, 0.25) is 0 Å². The summed E-state index contributed by atoms with van der Waals surface area (Å²) in [4.78, 5) is 16.3. The molecule has 0 bridgehead atoms. The first kappa shape index (κ1) is 39.0. The van der Waals surface area contributed by atoms with Crippen molar-refractivity contribution in [2.45, 2.75) is 5.41 Å². The highest BCUT2D eigenvalue weighted by Crippen LogP contribution is 2.63. The summed E-state index contributed by atoms with van der Waals surface area (Å²) in [6, 6.07) is 86.1. The molecule has 2 aliphatic rings. The van der Waals surface area contributed by atoms with Crippen LogP contribution < -0.4 is 4.74 Å². The highest BCUT2D eigenvalue weighted by Gasteiger charge is 2.52. The molecule has 2 aromatic heterocycles. The first-order chi connectivity index (χ1) is 34.2. The van der Waals surface area contributed by atoms with Crippen LogP contribution in [-0.4, -0.2) is 19.5 Å². The molecular formula is C64H40N4O. The summed E-state index contributed by atoms with van der Waals surface area (Å²) >= 11 is 0. The van der Waals surface area contributed by atoms with Gasteiger partial charge < -0.3 is 9.30 Å². The fourth-order valence-electron chi connectivity index (χ4n) is 11.2. The number of para-hydroxylation sites is 4. The molecule has 12 aromatic rings. The minimum atomic E-state index is -0.713. The topological polar surface area (TPSA) is 52.8 Å². The molecule has 1 spiro atoms. The van der Waals surface area contributed by atoms with Gasteiger partial charge in [-0.15, -0.1) is 0 Å². The van der Waals surface area contributed by atoms with Crippen LogP contribution >= 0.6 is 0 Å². The van der Waals surface area contributed by atoms with Crippen molar-refractivity contribution in [1.29, 1.82) is 0 Å². The zero-order chi connectivity index (χ0) is 45.5. The van der Waals surface area contributed by atoms with Gasteiger partial charge >= 0.3 is 0 Å². The van der Waals surface area contributed by atoms with E-state index in [1.807, 2.05) is 18.2 Å². The summed E-state index contributed by atoms with van der Waals surface area (Å²) in [6.07, 6.45) is 0. The Bertz CT molecular complexity index is 3930. The zero-order valence-electron chi connectivity index (χ0n) is 37.3. The maximum Gasteiger partial charge on any atom is 0.164 e. The van der Waals surface area contributed by atoms with Gasteiger partial charge in [0.2, 0.25) is 0 Å². The van der Waals surface area contributed by atoms with Gasteiger partial charge in [-0.3, -0.25) is 0 Å². The monoisotopic (exact) mass is 880 g/mol. The Morgan fingerprint density at radius 1 is 0.333 bits per heavy atom. The Hall–Kier alpha value is -9.19. The maximum atomic E-state index is 6.77. The fraction of sp³-hybridized carbons (Fsp3) is 0.0156. The maximum absolute atomic E-state index is 6.77. The molecule has 0 N–H and O–H groups in total. The standard InChI is InChI=1S/C64H40N4O/c1-4-18-41(19-5-1)42-34-36-43(37-35-42)45-38-39-47-54(40-45)64(51-27-11-14-32-57(51)69-58-33-15-12-28-52(58)64)53-29-16-25-49(59(47)53)62-65-61(44-20-6-2-7-21-44)66-63(67-62)50-26-17-31-56-60(50)48-24-10-13-30-55(48)68(56)46-22-8-3-9-23-46/h1-40H. The molecule has 0 atom stereocenters. The Balaban J connectivity index is 1.03. The largest absolute Gasteiger partial charge is 0.457 e. The van der Waals surface area contributed by atoms with Crippen molar-refractivity contribution in [3.05, 3.63) is 265 Å². The highest BCUT2D eigenvalue weighted by atomic mass is 16.5. The molecule has 69 heavy (non-hydrogen) atoms.